The first kappa shape index (κ1) is 16.1. The number of hydrogen-bond donors (Lipinski definition) is 1. The quantitative estimate of drug-likeness (QED) is 0.902. The second-order valence-electron chi connectivity index (χ2n) is 7.04. The molecule has 2 aromatic rings. The van der Waals surface area contributed by atoms with Crippen molar-refractivity contribution in [2.24, 2.45) is 11.8 Å². The standard InChI is InChI=1S/C20H21FN2O2/c21-16-2-1-3-18(10-16)25-12-17-7-6-15(11-22-17)20(24)23-19-9-13-4-5-14(19)8-13/h1-3,6-7,10-11,13-14,19H,4-5,8-9,12H2,(H,23,24)/t13-,14+,19+/m1/s1. The summed E-state index contributed by atoms with van der Waals surface area (Å²) in [5.41, 5.74) is 1.26. The minimum atomic E-state index is -0.335. The van der Waals surface area contributed by atoms with Crippen LogP contribution in [0.1, 0.15) is 41.7 Å². The van der Waals surface area contributed by atoms with Gasteiger partial charge in [0.15, 0.2) is 0 Å². The number of halogens is 1. The van der Waals surface area contributed by atoms with Crippen LogP contribution in [0.5, 0.6) is 5.75 Å². The number of pyridine rings is 1. The molecule has 2 saturated carbocycles. The molecular formula is C20H21FN2O2. The first-order chi connectivity index (χ1) is 12.2. The molecule has 5 heteroatoms. The number of rotatable bonds is 5. The number of hydrogen-bond acceptors (Lipinski definition) is 3. The van der Waals surface area contributed by atoms with Crippen LogP contribution in [0.15, 0.2) is 42.6 Å². The van der Waals surface area contributed by atoms with E-state index >= 15 is 0 Å². The zero-order valence-electron chi connectivity index (χ0n) is 14.0. The molecule has 2 fully saturated rings. The number of carbonyl (C=O) groups is 1. The summed E-state index contributed by atoms with van der Waals surface area (Å²) in [4.78, 5) is 16.7. The van der Waals surface area contributed by atoms with Crippen molar-refractivity contribution in [3.63, 3.8) is 0 Å². The minimum Gasteiger partial charge on any atom is -0.487 e. The molecule has 4 rings (SSSR count). The van der Waals surface area contributed by atoms with Crippen molar-refractivity contribution >= 4 is 5.91 Å². The maximum absolute atomic E-state index is 13.1. The van der Waals surface area contributed by atoms with Crippen molar-refractivity contribution in [1.82, 2.24) is 10.3 Å². The molecular weight excluding hydrogens is 319 g/mol. The normalized spacial score (nSPS) is 24.3. The van der Waals surface area contributed by atoms with E-state index in [-0.39, 0.29) is 18.3 Å². The number of nitrogens with zero attached hydrogens (tertiary/aromatic N) is 1. The molecule has 130 valence electrons. The molecule has 1 amide bonds. The van der Waals surface area contributed by atoms with E-state index in [0.717, 1.165) is 12.3 Å². The number of nitrogens with one attached hydrogen (secondary N) is 1. The minimum absolute atomic E-state index is 0.0531. The average Bonchev–Trinajstić information content (AvgIpc) is 3.23. The third-order valence-electron chi connectivity index (χ3n) is 5.32. The van der Waals surface area contributed by atoms with Gasteiger partial charge in [-0.1, -0.05) is 12.5 Å². The molecule has 3 atom stereocenters. The molecule has 2 aliphatic carbocycles. The van der Waals surface area contributed by atoms with Gasteiger partial charge in [0.1, 0.15) is 18.2 Å². The van der Waals surface area contributed by atoms with E-state index < -0.39 is 0 Å². The van der Waals surface area contributed by atoms with Gasteiger partial charge in [-0.05, 0) is 55.4 Å². The molecule has 0 unspecified atom stereocenters. The Balaban J connectivity index is 1.32. The Morgan fingerprint density at radius 1 is 1.24 bits per heavy atom. The summed E-state index contributed by atoms with van der Waals surface area (Å²) in [6.45, 7) is 0.234. The molecule has 2 aliphatic rings. The van der Waals surface area contributed by atoms with Crippen molar-refractivity contribution in [3.8, 4) is 5.75 Å². The summed E-state index contributed by atoms with van der Waals surface area (Å²) in [6.07, 6.45) is 6.51. The fourth-order valence-electron chi connectivity index (χ4n) is 4.03. The molecule has 4 nitrogen and oxygen atoms in total. The molecule has 0 aliphatic heterocycles. The highest BCUT2D eigenvalue weighted by Gasteiger charge is 2.40. The van der Waals surface area contributed by atoms with Crippen molar-refractivity contribution in [1.29, 1.82) is 0 Å². The zero-order chi connectivity index (χ0) is 17.2. The predicted octanol–water partition coefficient (Wildman–Crippen LogP) is 3.72. The molecule has 1 aromatic heterocycles. The summed E-state index contributed by atoms with van der Waals surface area (Å²) in [6, 6.07) is 9.85. The topological polar surface area (TPSA) is 51.2 Å². The van der Waals surface area contributed by atoms with Crippen LogP contribution < -0.4 is 10.1 Å². The first-order valence-electron chi connectivity index (χ1n) is 8.81. The Morgan fingerprint density at radius 2 is 2.16 bits per heavy atom. The Labute approximate surface area is 146 Å². The number of carbonyl (C=O) groups excluding carboxylic acids is 1. The lowest BCUT2D eigenvalue weighted by Crippen LogP contribution is -2.38. The van der Waals surface area contributed by atoms with Gasteiger partial charge in [0, 0.05) is 18.3 Å². The Hall–Kier alpha value is -2.43. The van der Waals surface area contributed by atoms with Crippen molar-refractivity contribution < 1.29 is 13.9 Å². The van der Waals surface area contributed by atoms with Crippen molar-refractivity contribution in [3.05, 3.63) is 59.7 Å². The SMILES string of the molecule is O=C(N[C@H]1C[C@@H]2CC[C@H]1C2)c1ccc(COc2cccc(F)c2)nc1. The summed E-state index contributed by atoms with van der Waals surface area (Å²) in [7, 11) is 0. The molecule has 0 saturated heterocycles. The molecule has 1 N–H and O–H groups in total. The van der Waals surface area contributed by atoms with Gasteiger partial charge in [0.05, 0.1) is 11.3 Å². The smallest absolute Gasteiger partial charge is 0.253 e. The number of ether oxygens (including phenoxy) is 1. The van der Waals surface area contributed by atoms with E-state index in [1.54, 1.807) is 30.5 Å². The van der Waals surface area contributed by atoms with E-state index in [9.17, 15) is 9.18 Å². The van der Waals surface area contributed by atoms with E-state index in [0.29, 0.717) is 29.0 Å². The van der Waals surface area contributed by atoms with Crippen LogP contribution in [0, 0.1) is 17.7 Å². The van der Waals surface area contributed by atoms with Crippen LogP contribution in [0.25, 0.3) is 0 Å². The monoisotopic (exact) mass is 340 g/mol. The van der Waals surface area contributed by atoms with E-state index in [2.05, 4.69) is 10.3 Å². The predicted molar refractivity (Wildman–Crippen MR) is 91.7 cm³/mol. The first-order valence-corrected chi connectivity index (χ1v) is 8.81. The molecule has 0 spiro atoms. The van der Waals surface area contributed by atoms with Gasteiger partial charge >= 0.3 is 0 Å². The zero-order valence-corrected chi connectivity index (χ0v) is 14.0. The number of amides is 1. The summed E-state index contributed by atoms with van der Waals surface area (Å²) in [5, 5.41) is 3.16. The molecule has 0 radical (unpaired) electrons. The Morgan fingerprint density at radius 3 is 2.84 bits per heavy atom. The summed E-state index contributed by atoms with van der Waals surface area (Å²) in [5.74, 6) is 1.53. The number of fused-ring (bicyclic) bond motifs is 2. The van der Waals surface area contributed by atoms with Crippen LogP contribution in [0.4, 0.5) is 4.39 Å². The second kappa shape index (κ2) is 6.82. The van der Waals surface area contributed by atoms with E-state index in [1.165, 1.54) is 31.4 Å². The van der Waals surface area contributed by atoms with Gasteiger partial charge in [-0.15, -0.1) is 0 Å². The fraction of sp³-hybridized carbons (Fsp3) is 0.400. The molecule has 1 aromatic carbocycles. The Bertz CT molecular complexity index is 763. The molecule has 1 heterocycles. The van der Waals surface area contributed by atoms with Gasteiger partial charge in [0.25, 0.3) is 5.91 Å². The van der Waals surface area contributed by atoms with Crippen LogP contribution in [-0.4, -0.2) is 16.9 Å². The van der Waals surface area contributed by atoms with E-state index in [1.807, 2.05) is 0 Å². The lowest BCUT2D eigenvalue weighted by atomic mass is 9.95. The highest BCUT2D eigenvalue weighted by molar-refractivity contribution is 5.94. The highest BCUT2D eigenvalue weighted by atomic mass is 19.1. The lowest BCUT2D eigenvalue weighted by molar-refractivity contribution is 0.0922. The third kappa shape index (κ3) is 3.65. The van der Waals surface area contributed by atoms with E-state index in [4.69, 9.17) is 4.74 Å². The van der Waals surface area contributed by atoms with Gasteiger partial charge < -0.3 is 10.1 Å². The van der Waals surface area contributed by atoms with Crippen LogP contribution in [0.3, 0.4) is 0 Å². The maximum atomic E-state index is 13.1. The van der Waals surface area contributed by atoms with Gasteiger partial charge in [-0.25, -0.2) is 4.39 Å². The summed E-state index contributed by atoms with van der Waals surface area (Å²) >= 11 is 0. The van der Waals surface area contributed by atoms with Crippen molar-refractivity contribution in [2.45, 2.75) is 38.3 Å². The second-order valence-corrected chi connectivity index (χ2v) is 7.04. The van der Waals surface area contributed by atoms with Gasteiger partial charge in [-0.3, -0.25) is 9.78 Å². The number of benzene rings is 1. The van der Waals surface area contributed by atoms with Gasteiger partial charge in [-0.2, -0.15) is 0 Å². The van der Waals surface area contributed by atoms with Crippen molar-refractivity contribution in [2.75, 3.05) is 0 Å². The van der Waals surface area contributed by atoms with Crippen LogP contribution in [0.2, 0.25) is 0 Å². The van der Waals surface area contributed by atoms with Crippen LogP contribution >= 0.6 is 0 Å². The largest absolute Gasteiger partial charge is 0.487 e. The highest BCUT2D eigenvalue weighted by Crippen LogP contribution is 2.44. The number of aromatic nitrogens is 1. The average molecular weight is 340 g/mol. The molecule has 25 heavy (non-hydrogen) atoms. The molecule has 2 bridgehead atoms. The third-order valence-corrected chi connectivity index (χ3v) is 5.32. The maximum Gasteiger partial charge on any atom is 0.253 e. The lowest BCUT2D eigenvalue weighted by Gasteiger charge is -2.22. The Kier molecular flexibility index (Phi) is 4.38. The van der Waals surface area contributed by atoms with Gasteiger partial charge in [0.2, 0.25) is 0 Å². The fourth-order valence-corrected chi connectivity index (χ4v) is 4.03. The summed E-state index contributed by atoms with van der Waals surface area (Å²) < 4.78 is 18.6. The van der Waals surface area contributed by atoms with Crippen LogP contribution in [-0.2, 0) is 6.61 Å².